The zero-order valence-electron chi connectivity index (χ0n) is 17.3. The smallest absolute Gasteiger partial charge is 0.251 e. The molecule has 2 saturated carbocycles. The number of benzene rings is 1. The maximum absolute atomic E-state index is 13.0. The van der Waals surface area contributed by atoms with Crippen molar-refractivity contribution >= 4 is 15.9 Å². The highest BCUT2D eigenvalue weighted by molar-refractivity contribution is 7.89. The number of rotatable bonds is 7. The lowest BCUT2D eigenvalue weighted by Crippen LogP contribution is -2.51. The Morgan fingerprint density at radius 3 is 2.47 bits per heavy atom. The monoisotopic (exact) mass is 434 g/mol. The van der Waals surface area contributed by atoms with E-state index in [9.17, 15) is 13.2 Å². The first-order valence-corrected chi connectivity index (χ1v) is 12.1. The Balaban J connectivity index is 1.48. The summed E-state index contributed by atoms with van der Waals surface area (Å²) in [5, 5.41) is 13.8. The molecule has 0 aromatic heterocycles. The van der Waals surface area contributed by atoms with Crippen molar-refractivity contribution in [3.63, 3.8) is 0 Å². The molecule has 1 aliphatic heterocycles. The molecule has 4 rings (SSSR count). The first kappa shape index (κ1) is 21.2. The zero-order chi connectivity index (χ0) is 21.4. The molecule has 30 heavy (non-hydrogen) atoms. The predicted octanol–water partition coefficient (Wildman–Crippen LogP) is 1.77. The SMILES string of the molecule is CNS(=O)(=O)c1ccc(C(=O)N[C@@H](C2CCCCC2)C2CN(C3(N)CC3)N=N2)cc1. The number of carbonyl (C=O) groups is 1. The third-order valence-corrected chi connectivity index (χ3v) is 7.94. The molecule has 0 spiro atoms. The van der Waals surface area contributed by atoms with E-state index in [2.05, 4.69) is 20.4 Å². The molecule has 2 fully saturated rings. The lowest BCUT2D eigenvalue weighted by atomic mass is 9.81. The molecule has 4 N–H and O–H groups in total. The molecule has 0 bridgehead atoms. The Morgan fingerprint density at radius 2 is 1.87 bits per heavy atom. The minimum absolute atomic E-state index is 0.116. The summed E-state index contributed by atoms with van der Waals surface area (Å²) in [6.07, 6.45) is 7.49. The van der Waals surface area contributed by atoms with Crippen LogP contribution in [0.1, 0.15) is 55.3 Å². The van der Waals surface area contributed by atoms with Gasteiger partial charge in [0.2, 0.25) is 10.0 Å². The molecule has 1 heterocycles. The summed E-state index contributed by atoms with van der Waals surface area (Å²) in [5.74, 6) is 0.130. The molecule has 3 aliphatic rings. The maximum atomic E-state index is 13.0. The van der Waals surface area contributed by atoms with Gasteiger partial charge in [-0.3, -0.25) is 9.80 Å². The van der Waals surface area contributed by atoms with Gasteiger partial charge in [0.15, 0.2) is 0 Å². The molecule has 164 valence electrons. The van der Waals surface area contributed by atoms with E-state index in [1.54, 1.807) is 12.1 Å². The molecule has 2 aliphatic carbocycles. The van der Waals surface area contributed by atoms with Crippen molar-refractivity contribution in [1.29, 1.82) is 0 Å². The van der Waals surface area contributed by atoms with Gasteiger partial charge in [0.1, 0.15) is 11.7 Å². The molecule has 2 atom stereocenters. The van der Waals surface area contributed by atoms with E-state index in [1.165, 1.54) is 25.6 Å². The predicted molar refractivity (Wildman–Crippen MR) is 112 cm³/mol. The molecule has 1 aromatic rings. The second-order valence-corrected chi connectivity index (χ2v) is 10.5. The summed E-state index contributed by atoms with van der Waals surface area (Å²) in [4.78, 5) is 13.1. The van der Waals surface area contributed by atoms with E-state index < -0.39 is 10.0 Å². The highest BCUT2D eigenvalue weighted by Crippen LogP contribution is 2.39. The Labute approximate surface area is 177 Å². The van der Waals surface area contributed by atoms with Gasteiger partial charge in [-0.1, -0.05) is 24.5 Å². The van der Waals surface area contributed by atoms with Crippen LogP contribution in [0, 0.1) is 5.92 Å². The summed E-state index contributed by atoms with van der Waals surface area (Å²) in [6.45, 7) is 0.622. The van der Waals surface area contributed by atoms with Gasteiger partial charge >= 0.3 is 0 Å². The van der Waals surface area contributed by atoms with E-state index >= 15 is 0 Å². The van der Waals surface area contributed by atoms with Gasteiger partial charge in [0.05, 0.1) is 17.5 Å². The number of hydrogen-bond acceptors (Lipinski definition) is 7. The number of nitrogens with two attached hydrogens (primary N) is 1. The van der Waals surface area contributed by atoms with Crippen LogP contribution in [0.25, 0.3) is 0 Å². The van der Waals surface area contributed by atoms with E-state index in [1.807, 2.05) is 5.01 Å². The van der Waals surface area contributed by atoms with E-state index in [-0.39, 0.29) is 28.5 Å². The van der Waals surface area contributed by atoms with Crippen LogP contribution in [-0.2, 0) is 10.0 Å². The van der Waals surface area contributed by atoms with Gasteiger partial charge < -0.3 is 11.1 Å². The minimum atomic E-state index is -3.53. The molecule has 10 heteroatoms. The highest BCUT2D eigenvalue weighted by atomic mass is 32.2. The number of carbonyl (C=O) groups excluding carboxylic acids is 1. The molecule has 1 aromatic carbocycles. The average molecular weight is 435 g/mol. The van der Waals surface area contributed by atoms with Gasteiger partial charge in [-0.2, -0.15) is 5.11 Å². The fourth-order valence-corrected chi connectivity index (χ4v) is 5.11. The Bertz CT molecular complexity index is 907. The summed E-state index contributed by atoms with van der Waals surface area (Å²) >= 11 is 0. The number of nitrogens with one attached hydrogen (secondary N) is 2. The van der Waals surface area contributed by atoms with Crippen LogP contribution in [-0.4, -0.2) is 50.7 Å². The number of sulfonamides is 1. The third kappa shape index (κ3) is 4.35. The van der Waals surface area contributed by atoms with Crippen molar-refractivity contribution in [1.82, 2.24) is 15.0 Å². The van der Waals surface area contributed by atoms with Crippen molar-refractivity contribution in [2.45, 2.75) is 67.6 Å². The molecular formula is C20H30N6O3S. The van der Waals surface area contributed by atoms with E-state index in [0.29, 0.717) is 18.0 Å². The zero-order valence-corrected chi connectivity index (χ0v) is 18.1. The summed E-state index contributed by atoms with van der Waals surface area (Å²) in [6, 6.07) is 5.73. The normalized spacial score (nSPS) is 24.6. The van der Waals surface area contributed by atoms with Crippen molar-refractivity contribution in [3.05, 3.63) is 29.8 Å². The van der Waals surface area contributed by atoms with Crippen LogP contribution in [0.2, 0.25) is 0 Å². The first-order valence-electron chi connectivity index (χ1n) is 10.6. The number of amides is 1. The number of nitrogens with zero attached hydrogens (tertiary/aromatic N) is 3. The van der Waals surface area contributed by atoms with Gasteiger partial charge in [-0.25, -0.2) is 13.1 Å². The van der Waals surface area contributed by atoms with Gasteiger partial charge in [0.25, 0.3) is 5.91 Å². The Kier molecular flexibility index (Phi) is 5.82. The van der Waals surface area contributed by atoms with E-state index in [4.69, 9.17) is 5.73 Å². The van der Waals surface area contributed by atoms with Gasteiger partial charge in [-0.05, 0) is 62.9 Å². The summed E-state index contributed by atoms with van der Waals surface area (Å²) in [7, 11) is -2.18. The lowest BCUT2D eigenvalue weighted by molar-refractivity contribution is 0.0896. The fraction of sp³-hybridized carbons (Fsp3) is 0.650. The second kappa shape index (κ2) is 8.24. The molecule has 1 amide bonds. The van der Waals surface area contributed by atoms with Crippen molar-refractivity contribution in [3.8, 4) is 0 Å². The maximum Gasteiger partial charge on any atom is 0.251 e. The average Bonchev–Trinajstić information content (AvgIpc) is 3.32. The summed E-state index contributed by atoms with van der Waals surface area (Å²) in [5.41, 5.74) is 6.34. The molecule has 0 saturated heterocycles. The van der Waals surface area contributed by atoms with Gasteiger partial charge in [0, 0.05) is 5.56 Å². The molecular weight excluding hydrogens is 404 g/mol. The minimum Gasteiger partial charge on any atom is -0.347 e. The quantitative estimate of drug-likeness (QED) is 0.602. The highest BCUT2D eigenvalue weighted by Gasteiger charge is 2.48. The standard InChI is InChI=1S/C20H30N6O3S/c1-22-30(28,29)16-9-7-15(8-10-16)19(27)23-18(14-5-3-2-4-6-14)17-13-26(25-24-17)20(21)11-12-20/h7-10,14,17-18,22H,2-6,11-13,21H2,1H3,(H,23,27)/t17?,18-/m0/s1. The van der Waals surface area contributed by atoms with Crippen molar-refractivity contribution in [2.24, 2.45) is 22.0 Å². The van der Waals surface area contributed by atoms with Crippen LogP contribution >= 0.6 is 0 Å². The Hall–Kier alpha value is -2.04. The first-order chi connectivity index (χ1) is 14.3. The number of hydrogen-bond donors (Lipinski definition) is 3. The Morgan fingerprint density at radius 1 is 1.20 bits per heavy atom. The largest absolute Gasteiger partial charge is 0.347 e. The van der Waals surface area contributed by atoms with E-state index in [0.717, 1.165) is 38.5 Å². The van der Waals surface area contributed by atoms with Crippen molar-refractivity contribution in [2.75, 3.05) is 13.6 Å². The van der Waals surface area contributed by atoms with Crippen LogP contribution in [0.5, 0.6) is 0 Å². The third-order valence-electron chi connectivity index (χ3n) is 6.51. The molecule has 1 unspecified atom stereocenters. The van der Waals surface area contributed by atoms with Crippen LogP contribution in [0.3, 0.4) is 0 Å². The second-order valence-electron chi connectivity index (χ2n) is 8.59. The van der Waals surface area contributed by atoms with Gasteiger partial charge in [-0.15, -0.1) is 0 Å². The van der Waals surface area contributed by atoms with Crippen LogP contribution in [0.15, 0.2) is 39.5 Å². The lowest BCUT2D eigenvalue weighted by Gasteiger charge is -2.33. The molecule has 9 nitrogen and oxygen atoms in total. The van der Waals surface area contributed by atoms with Crippen molar-refractivity contribution < 1.29 is 13.2 Å². The van der Waals surface area contributed by atoms with Crippen LogP contribution < -0.4 is 15.8 Å². The summed E-state index contributed by atoms with van der Waals surface area (Å²) < 4.78 is 26.1. The fourth-order valence-electron chi connectivity index (χ4n) is 4.38. The van der Waals surface area contributed by atoms with Crippen LogP contribution in [0.4, 0.5) is 0 Å². The topological polar surface area (TPSA) is 129 Å². The molecule has 0 radical (unpaired) electrons.